The predicted molar refractivity (Wildman–Crippen MR) is 111 cm³/mol. The molecule has 0 saturated heterocycles. The minimum Gasteiger partial charge on any atom is -0.322 e. The van der Waals surface area contributed by atoms with Crippen molar-refractivity contribution in [2.45, 2.75) is 26.3 Å². The van der Waals surface area contributed by atoms with Crippen LogP contribution in [0.4, 0.5) is 0 Å². The number of nitrogens with one attached hydrogen (secondary N) is 1. The number of hydrogen-bond acceptors (Lipinski definition) is 4. The van der Waals surface area contributed by atoms with E-state index in [4.69, 9.17) is 0 Å². The first-order valence-electron chi connectivity index (χ1n) is 9.18. The summed E-state index contributed by atoms with van der Waals surface area (Å²) in [5.74, 6) is 0.317. The molecule has 0 spiro atoms. The van der Waals surface area contributed by atoms with Crippen LogP contribution in [0.25, 0.3) is 28.6 Å². The van der Waals surface area contributed by atoms with E-state index in [-0.39, 0.29) is 5.69 Å². The van der Waals surface area contributed by atoms with Gasteiger partial charge in [0.15, 0.2) is 11.5 Å². The van der Waals surface area contributed by atoms with Gasteiger partial charge < -0.3 is 4.57 Å². The average Bonchev–Trinajstić information content (AvgIpc) is 2.67. The second-order valence-corrected chi connectivity index (χ2v) is 6.85. The largest absolute Gasteiger partial charge is 0.349 e. The van der Waals surface area contributed by atoms with E-state index in [0.29, 0.717) is 17.9 Å². The Morgan fingerprint density at radius 2 is 2.00 bits per heavy atom. The van der Waals surface area contributed by atoms with Crippen LogP contribution < -0.4 is 11.2 Å². The van der Waals surface area contributed by atoms with Gasteiger partial charge in [0.2, 0.25) is 0 Å². The Morgan fingerprint density at radius 1 is 1.14 bits per heavy atom. The fourth-order valence-corrected chi connectivity index (χ4v) is 3.48. The highest BCUT2D eigenvalue weighted by atomic mass is 16.2. The van der Waals surface area contributed by atoms with Gasteiger partial charge in [0.1, 0.15) is 0 Å². The van der Waals surface area contributed by atoms with Gasteiger partial charge in [-0.2, -0.15) is 4.98 Å². The third kappa shape index (κ3) is 3.36. The molecule has 0 atom stereocenters. The van der Waals surface area contributed by atoms with Gasteiger partial charge in [0.05, 0.1) is 11.0 Å². The van der Waals surface area contributed by atoms with E-state index in [1.165, 1.54) is 11.1 Å². The minimum atomic E-state index is -0.659. The van der Waals surface area contributed by atoms with Crippen LogP contribution in [-0.2, 0) is 13.0 Å². The number of benzene rings is 2. The molecule has 0 amide bonds. The Hall–Kier alpha value is -3.54. The number of fused-ring (bicyclic) bond motifs is 2. The van der Waals surface area contributed by atoms with Crippen molar-refractivity contribution in [2.75, 3.05) is 0 Å². The van der Waals surface area contributed by atoms with Crippen LogP contribution in [0.3, 0.4) is 0 Å². The molecule has 2 aliphatic heterocycles. The summed E-state index contributed by atoms with van der Waals surface area (Å²) in [6.07, 6.45) is 3.46. The van der Waals surface area contributed by atoms with Gasteiger partial charge in [-0.25, -0.2) is 9.78 Å². The van der Waals surface area contributed by atoms with Crippen LogP contribution in [0.1, 0.15) is 23.1 Å². The molecule has 6 heteroatoms. The zero-order valence-electron chi connectivity index (χ0n) is 15.6. The van der Waals surface area contributed by atoms with Gasteiger partial charge >= 0.3 is 5.69 Å². The standard InChI is InChI=1S/C22H20N4O2/c1-3-15-9-10-18-17(13-15)23-19-20(24-22(28)25-21(19)27)26(18)11-5-8-16-7-4-6-14(2)12-16/h3-4,6-7,9-10,12-13H,1,5,8,11H2,2H3,(H,25,27,28). The second kappa shape index (κ2) is 7.23. The van der Waals surface area contributed by atoms with Crippen molar-refractivity contribution in [1.29, 1.82) is 0 Å². The molecule has 0 bridgehead atoms. The van der Waals surface area contributed by atoms with Gasteiger partial charge in [-0.1, -0.05) is 48.6 Å². The van der Waals surface area contributed by atoms with Crippen molar-refractivity contribution in [3.05, 3.63) is 86.6 Å². The van der Waals surface area contributed by atoms with Crippen LogP contribution in [0.15, 0.2) is 58.6 Å². The van der Waals surface area contributed by atoms with Crippen molar-refractivity contribution in [2.24, 2.45) is 0 Å². The number of aryl methyl sites for hydroxylation is 3. The molecule has 6 nitrogen and oxygen atoms in total. The van der Waals surface area contributed by atoms with Crippen molar-refractivity contribution in [3.8, 4) is 11.5 Å². The van der Waals surface area contributed by atoms with E-state index >= 15 is 0 Å². The summed E-state index contributed by atoms with van der Waals surface area (Å²) in [5, 5.41) is 0. The molecule has 2 heterocycles. The third-order valence-corrected chi connectivity index (χ3v) is 4.80. The number of aromatic amines is 1. The predicted octanol–water partition coefficient (Wildman–Crippen LogP) is 3.17. The van der Waals surface area contributed by atoms with Crippen molar-refractivity contribution < 1.29 is 0 Å². The fraction of sp³-hybridized carbons (Fsp3) is 0.182. The normalized spacial score (nSPS) is 11.2. The number of aromatic nitrogens is 4. The lowest BCUT2D eigenvalue weighted by Crippen LogP contribution is -2.29. The van der Waals surface area contributed by atoms with Crippen LogP contribution in [-0.4, -0.2) is 19.5 Å². The highest BCUT2D eigenvalue weighted by Gasteiger charge is 2.18. The van der Waals surface area contributed by atoms with Crippen molar-refractivity contribution >= 4 is 17.1 Å². The Kier molecular flexibility index (Phi) is 4.61. The molecule has 4 rings (SSSR count). The summed E-state index contributed by atoms with van der Waals surface area (Å²) in [6.45, 7) is 6.48. The number of hydrogen-bond donors (Lipinski definition) is 1. The molecule has 2 aromatic carbocycles. The van der Waals surface area contributed by atoms with Crippen molar-refractivity contribution in [1.82, 2.24) is 19.5 Å². The highest BCUT2D eigenvalue weighted by molar-refractivity contribution is 5.81. The number of nitrogens with zero attached hydrogens (tertiary/aromatic N) is 3. The van der Waals surface area contributed by atoms with Crippen LogP contribution in [0.2, 0.25) is 0 Å². The first-order chi connectivity index (χ1) is 13.5. The summed E-state index contributed by atoms with van der Waals surface area (Å²) in [4.78, 5) is 34.8. The molecule has 0 aromatic heterocycles. The summed E-state index contributed by atoms with van der Waals surface area (Å²) < 4.78 is 1.91. The van der Waals surface area contributed by atoms with Gasteiger partial charge in [-0.3, -0.25) is 9.78 Å². The Balaban J connectivity index is 1.80. The lowest BCUT2D eigenvalue weighted by atomic mass is 10.1. The summed E-state index contributed by atoms with van der Waals surface area (Å²) in [6, 6.07) is 14.1. The Bertz CT molecular complexity index is 1270. The van der Waals surface area contributed by atoms with E-state index in [2.05, 4.69) is 52.7 Å². The van der Waals surface area contributed by atoms with E-state index in [1.54, 1.807) is 6.08 Å². The van der Waals surface area contributed by atoms with E-state index in [1.807, 2.05) is 22.8 Å². The Morgan fingerprint density at radius 3 is 2.79 bits per heavy atom. The topological polar surface area (TPSA) is 80.6 Å². The molecule has 0 aliphatic carbocycles. The van der Waals surface area contributed by atoms with Gasteiger partial charge in [0.25, 0.3) is 5.56 Å². The molecule has 0 unspecified atom stereocenters. The molecule has 2 aliphatic rings. The second-order valence-electron chi connectivity index (χ2n) is 6.85. The van der Waals surface area contributed by atoms with E-state index < -0.39 is 11.2 Å². The third-order valence-electron chi connectivity index (χ3n) is 4.80. The molecule has 28 heavy (non-hydrogen) atoms. The van der Waals surface area contributed by atoms with Crippen LogP contribution in [0, 0.1) is 6.92 Å². The first kappa shape index (κ1) is 17.9. The lowest BCUT2D eigenvalue weighted by Gasteiger charge is -2.17. The molecule has 0 saturated carbocycles. The van der Waals surface area contributed by atoms with Crippen molar-refractivity contribution in [3.63, 3.8) is 0 Å². The van der Waals surface area contributed by atoms with Gasteiger partial charge in [0, 0.05) is 6.54 Å². The quantitative estimate of drug-likeness (QED) is 0.546. The molecule has 1 N–H and O–H groups in total. The van der Waals surface area contributed by atoms with Crippen LogP contribution in [0.5, 0.6) is 0 Å². The maximum Gasteiger partial charge on any atom is 0.349 e. The molecular formula is C22H20N4O2. The average molecular weight is 372 g/mol. The maximum absolute atomic E-state index is 12.3. The lowest BCUT2D eigenvalue weighted by molar-refractivity contribution is 0.648. The Labute approximate surface area is 161 Å². The molecule has 0 radical (unpaired) electrons. The summed E-state index contributed by atoms with van der Waals surface area (Å²) >= 11 is 0. The van der Waals surface area contributed by atoms with E-state index in [9.17, 15) is 9.59 Å². The zero-order valence-corrected chi connectivity index (χ0v) is 15.6. The molecule has 0 fully saturated rings. The first-order valence-corrected chi connectivity index (χ1v) is 9.18. The zero-order chi connectivity index (χ0) is 19.7. The SMILES string of the molecule is C=Cc1ccc2c(c1)nc1c(=O)[nH]c(=O)nc-1n2CCCc1cccc(C)c1. The molecule has 140 valence electrons. The van der Waals surface area contributed by atoms with Gasteiger partial charge in [-0.05, 0) is 43.0 Å². The molecular weight excluding hydrogens is 352 g/mol. The fourth-order valence-electron chi connectivity index (χ4n) is 3.48. The number of rotatable bonds is 5. The molecule has 2 aromatic rings. The maximum atomic E-state index is 12.3. The van der Waals surface area contributed by atoms with Gasteiger partial charge in [-0.15, -0.1) is 0 Å². The van der Waals surface area contributed by atoms with E-state index in [0.717, 1.165) is 23.9 Å². The number of H-pyrrole nitrogens is 1. The smallest absolute Gasteiger partial charge is 0.322 e. The highest BCUT2D eigenvalue weighted by Crippen LogP contribution is 2.23. The summed E-state index contributed by atoms with van der Waals surface area (Å²) in [5.41, 5.74) is 3.89. The minimum absolute atomic E-state index is 0.170. The monoisotopic (exact) mass is 372 g/mol. The summed E-state index contributed by atoms with van der Waals surface area (Å²) in [7, 11) is 0. The van der Waals surface area contributed by atoms with Crippen LogP contribution >= 0.6 is 0 Å².